The molecule has 2 unspecified atom stereocenters. The molecular weight excluding hydrogens is 274 g/mol. The van der Waals surface area contributed by atoms with Crippen LogP contribution < -0.4 is 4.74 Å². The van der Waals surface area contributed by atoms with E-state index in [1.54, 1.807) is 6.08 Å². The summed E-state index contributed by atoms with van der Waals surface area (Å²) in [6, 6.07) is 8.55. The quantitative estimate of drug-likeness (QED) is 0.760. The van der Waals surface area contributed by atoms with E-state index in [0.717, 1.165) is 37.2 Å². The van der Waals surface area contributed by atoms with Crippen molar-refractivity contribution in [1.82, 2.24) is 4.90 Å². The molecule has 0 aliphatic carbocycles. The van der Waals surface area contributed by atoms with E-state index in [9.17, 15) is 4.79 Å². The van der Waals surface area contributed by atoms with Crippen molar-refractivity contribution in [3.8, 4) is 5.75 Å². The number of hydrogen-bond donors (Lipinski definition) is 0. The maximum atomic E-state index is 12.4. The number of piperidine rings is 1. The molecule has 0 saturated carbocycles. The molecule has 1 aromatic carbocycles. The topological polar surface area (TPSA) is 29.5 Å². The van der Waals surface area contributed by atoms with Gasteiger partial charge in [0.05, 0.1) is 6.61 Å². The van der Waals surface area contributed by atoms with E-state index in [1.165, 1.54) is 6.42 Å². The largest absolute Gasteiger partial charge is 0.494 e. The highest BCUT2D eigenvalue weighted by atomic mass is 16.5. The minimum atomic E-state index is 0.117. The predicted molar refractivity (Wildman–Crippen MR) is 90.9 cm³/mol. The molecule has 0 radical (unpaired) electrons. The Labute approximate surface area is 134 Å². The molecule has 0 N–H and O–H groups in total. The first kappa shape index (κ1) is 16.6. The Hall–Kier alpha value is -1.77. The molecule has 1 saturated heterocycles. The Bertz CT molecular complexity index is 497. The molecule has 1 amide bonds. The van der Waals surface area contributed by atoms with Crippen molar-refractivity contribution in [2.45, 2.75) is 58.5 Å². The highest BCUT2D eigenvalue weighted by Crippen LogP contribution is 2.23. The molecule has 1 aliphatic rings. The summed E-state index contributed by atoms with van der Waals surface area (Å²) in [4.78, 5) is 14.4. The van der Waals surface area contributed by atoms with Crippen molar-refractivity contribution in [2.75, 3.05) is 6.61 Å². The monoisotopic (exact) mass is 301 g/mol. The number of amides is 1. The number of hydrogen-bond acceptors (Lipinski definition) is 2. The molecule has 120 valence electrons. The van der Waals surface area contributed by atoms with E-state index in [0.29, 0.717) is 12.1 Å². The highest BCUT2D eigenvalue weighted by molar-refractivity contribution is 5.92. The van der Waals surface area contributed by atoms with E-state index in [2.05, 4.69) is 20.8 Å². The van der Waals surface area contributed by atoms with Crippen LogP contribution in [0.3, 0.4) is 0 Å². The van der Waals surface area contributed by atoms with Gasteiger partial charge < -0.3 is 9.64 Å². The lowest BCUT2D eigenvalue weighted by molar-refractivity contribution is -0.131. The summed E-state index contributed by atoms with van der Waals surface area (Å²) in [5.74, 6) is 0.995. The normalized spacial score (nSPS) is 22.0. The van der Waals surface area contributed by atoms with Crippen molar-refractivity contribution >= 4 is 12.0 Å². The van der Waals surface area contributed by atoms with E-state index >= 15 is 0 Å². The van der Waals surface area contributed by atoms with Gasteiger partial charge in [-0.2, -0.15) is 0 Å². The van der Waals surface area contributed by atoms with Crippen molar-refractivity contribution in [3.63, 3.8) is 0 Å². The lowest BCUT2D eigenvalue weighted by Crippen LogP contribution is -2.46. The van der Waals surface area contributed by atoms with Crippen molar-refractivity contribution < 1.29 is 9.53 Å². The van der Waals surface area contributed by atoms with Gasteiger partial charge in [-0.15, -0.1) is 0 Å². The molecule has 0 bridgehead atoms. The molecule has 2 rings (SSSR count). The predicted octanol–water partition coefficient (Wildman–Crippen LogP) is 4.28. The van der Waals surface area contributed by atoms with Crippen LogP contribution in [0.4, 0.5) is 0 Å². The van der Waals surface area contributed by atoms with Gasteiger partial charge in [-0.05, 0) is 63.3 Å². The Morgan fingerprint density at radius 3 is 2.45 bits per heavy atom. The van der Waals surface area contributed by atoms with E-state index in [1.807, 2.05) is 35.2 Å². The molecular formula is C19H27NO2. The number of carbonyl (C=O) groups excluding carboxylic acids is 1. The number of benzene rings is 1. The summed E-state index contributed by atoms with van der Waals surface area (Å²) < 4.78 is 5.56. The van der Waals surface area contributed by atoms with Crippen LogP contribution in [-0.4, -0.2) is 29.5 Å². The average Bonchev–Trinajstić information content (AvgIpc) is 2.51. The van der Waals surface area contributed by atoms with Crippen LogP contribution in [0.15, 0.2) is 30.3 Å². The minimum absolute atomic E-state index is 0.117. The fourth-order valence-corrected chi connectivity index (χ4v) is 3.00. The Kier molecular flexibility index (Phi) is 6.05. The number of likely N-dealkylation sites (tertiary alicyclic amines) is 1. The maximum absolute atomic E-state index is 12.4. The lowest BCUT2D eigenvalue weighted by Gasteiger charge is -2.38. The second-order valence-corrected chi connectivity index (χ2v) is 6.13. The standard InChI is InChI=1S/C19H27NO2/c1-4-14-22-18-11-8-17(9-12-18)10-13-19(21)20-15(2)6-5-7-16(20)3/h8-13,15-16H,4-7,14H2,1-3H3/b13-10+. The number of carbonyl (C=O) groups is 1. The van der Waals surface area contributed by atoms with Gasteiger partial charge in [-0.25, -0.2) is 0 Å². The van der Waals surface area contributed by atoms with Crippen molar-refractivity contribution in [2.24, 2.45) is 0 Å². The van der Waals surface area contributed by atoms with Gasteiger partial charge in [0.25, 0.3) is 0 Å². The van der Waals surface area contributed by atoms with E-state index in [4.69, 9.17) is 4.74 Å². The average molecular weight is 301 g/mol. The maximum Gasteiger partial charge on any atom is 0.247 e. The molecule has 1 aliphatic heterocycles. The molecule has 22 heavy (non-hydrogen) atoms. The first-order chi connectivity index (χ1) is 10.6. The smallest absolute Gasteiger partial charge is 0.247 e. The van der Waals surface area contributed by atoms with Crippen LogP contribution >= 0.6 is 0 Å². The van der Waals surface area contributed by atoms with Gasteiger partial charge in [-0.3, -0.25) is 4.79 Å². The zero-order valence-electron chi connectivity index (χ0n) is 13.9. The first-order valence-electron chi connectivity index (χ1n) is 8.35. The summed E-state index contributed by atoms with van der Waals surface area (Å²) in [6.45, 7) is 7.10. The van der Waals surface area contributed by atoms with Crippen LogP contribution in [0, 0.1) is 0 Å². The minimum Gasteiger partial charge on any atom is -0.494 e. The summed E-state index contributed by atoms with van der Waals surface area (Å²) >= 11 is 0. The van der Waals surface area contributed by atoms with Crippen molar-refractivity contribution in [3.05, 3.63) is 35.9 Å². The molecule has 1 aromatic rings. The number of rotatable bonds is 5. The third kappa shape index (κ3) is 4.36. The Balaban J connectivity index is 1.97. The number of nitrogens with zero attached hydrogens (tertiary/aromatic N) is 1. The van der Waals surface area contributed by atoms with Gasteiger partial charge in [-0.1, -0.05) is 19.1 Å². The fourth-order valence-electron chi connectivity index (χ4n) is 3.00. The highest BCUT2D eigenvalue weighted by Gasteiger charge is 2.27. The van der Waals surface area contributed by atoms with Crippen molar-refractivity contribution in [1.29, 1.82) is 0 Å². The molecule has 0 spiro atoms. The summed E-state index contributed by atoms with van der Waals surface area (Å²) in [6.07, 6.45) is 8.01. The fraction of sp³-hybridized carbons (Fsp3) is 0.526. The van der Waals surface area contributed by atoms with Crippen LogP contribution in [0.5, 0.6) is 5.75 Å². The lowest BCUT2D eigenvalue weighted by atomic mass is 9.97. The molecule has 2 atom stereocenters. The molecule has 3 nitrogen and oxygen atoms in total. The Morgan fingerprint density at radius 1 is 1.23 bits per heavy atom. The third-order valence-electron chi connectivity index (χ3n) is 4.22. The van der Waals surface area contributed by atoms with Crippen LogP contribution in [0.25, 0.3) is 6.08 Å². The molecule has 1 heterocycles. The van der Waals surface area contributed by atoms with E-state index < -0.39 is 0 Å². The van der Waals surface area contributed by atoms with Gasteiger partial charge >= 0.3 is 0 Å². The van der Waals surface area contributed by atoms with Gasteiger partial charge in [0.2, 0.25) is 5.91 Å². The molecule has 3 heteroatoms. The van der Waals surface area contributed by atoms with Gasteiger partial charge in [0.15, 0.2) is 0 Å². The summed E-state index contributed by atoms with van der Waals surface area (Å²) in [5, 5.41) is 0. The van der Waals surface area contributed by atoms with Crippen LogP contribution in [-0.2, 0) is 4.79 Å². The summed E-state index contributed by atoms with van der Waals surface area (Å²) in [5.41, 5.74) is 1.02. The molecule has 0 aromatic heterocycles. The van der Waals surface area contributed by atoms with Gasteiger partial charge in [0, 0.05) is 18.2 Å². The third-order valence-corrected chi connectivity index (χ3v) is 4.22. The summed E-state index contributed by atoms with van der Waals surface area (Å²) in [7, 11) is 0. The first-order valence-corrected chi connectivity index (χ1v) is 8.35. The Morgan fingerprint density at radius 2 is 1.86 bits per heavy atom. The van der Waals surface area contributed by atoms with Gasteiger partial charge in [0.1, 0.15) is 5.75 Å². The zero-order valence-corrected chi connectivity index (χ0v) is 13.9. The second-order valence-electron chi connectivity index (χ2n) is 6.13. The van der Waals surface area contributed by atoms with Crippen LogP contribution in [0.2, 0.25) is 0 Å². The van der Waals surface area contributed by atoms with E-state index in [-0.39, 0.29) is 5.91 Å². The zero-order chi connectivity index (χ0) is 15.9. The SMILES string of the molecule is CCCOc1ccc(/C=C/C(=O)N2C(C)CCCC2C)cc1. The van der Waals surface area contributed by atoms with Crippen LogP contribution in [0.1, 0.15) is 52.0 Å². The molecule has 1 fully saturated rings. The number of ether oxygens (including phenoxy) is 1. The second kappa shape index (κ2) is 8.02.